The highest BCUT2D eigenvalue weighted by Crippen LogP contribution is 2.51. The quantitative estimate of drug-likeness (QED) is 0.323. The van der Waals surface area contributed by atoms with Gasteiger partial charge in [0.2, 0.25) is 10.0 Å². The number of carbonyl (C=O) groups is 2. The third-order valence-electron chi connectivity index (χ3n) is 9.49. The molecule has 0 spiro atoms. The summed E-state index contributed by atoms with van der Waals surface area (Å²) >= 11 is 0. The average Bonchev–Trinajstić information content (AvgIpc) is 3.02. The Hall–Kier alpha value is -3.63. The molecule has 0 bridgehead atoms. The van der Waals surface area contributed by atoms with Crippen LogP contribution in [-0.2, 0) is 14.8 Å². The standard InChI is InChI=1S/C34H38FN3O5S/c1-22(2)32-25(7-6-24-20-31(39)33(24)32)21-44(41,42)38-18-16-37(17-19-38)34(40)30-5-3-4-29(36-30)23-8-12-27(13-9-23)43-28-14-10-26(35)11-15-28/h3-5,8-15,22,24-25,32-33H,6-7,16-21H2,1-2H3. The Morgan fingerprint density at radius 1 is 0.955 bits per heavy atom. The summed E-state index contributed by atoms with van der Waals surface area (Å²) in [5, 5.41) is 0. The summed E-state index contributed by atoms with van der Waals surface area (Å²) in [4.78, 5) is 32.0. The van der Waals surface area contributed by atoms with E-state index in [1.54, 1.807) is 41.3 Å². The molecular weight excluding hydrogens is 581 g/mol. The zero-order valence-corrected chi connectivity index (χ0v) is 25.9. The second-order valence-electron chi connectivity index (χ2n) is 12.6. The fraction of sp³-hybridized carbons (Fsp3) is 0.441. The van der Waals surface area contributed by atoms with Crippen LogP contribution in [0, 0.1) is 35.4 Å². The Kier molecular flexibility index (Phi) is 8.57. The molecule has 232 valence electrons. The average molecular weight is 620 g/mol. The Balaban J connectivity index is 1.06. The summed E-state index contributed by atoms with van der Waals surface area (Å²) in [6.07, 6.45) is 2.43. The van der Waals surface area contributed by atoms with Crippen molar-refractivity contribution in [3.63, 3.8) is 0 Å². The van der Waals surface area contributed by atoms with Crippen LogP contribution in [-0.4, -0.2) is 66.2 Å². The lowest BCUT2D eigenvalue weighted by molar-refractivity contribution is -0.144. The molecule has 1 aromatic heterocycles. The molecule has 6 rings (SSSR count). The van der Waals surface area contributed by atoms with Crippen LogP contribution in [0.1, 0.15) is 43.6 Å². The van der Waals surface area contributed by atoms with Gasteiger partial charge in [-0.3, -0.25) is 9.59 Å². The zero-order valence-electron chi connectivity index (χ0n) is 25.1. The number of rotatable bonds is 8. The predicted molar refractivity (Wildman–Crippen MR) is 165 cm³/mol. The molecule has 10 heteroatoms. The normalized spacial score (nSPS) is 24.1. The molecule has 3 fully saturated rings. The highest BCUT2D eigenvalue weighted by atomic mass is 32.2. The van der Waals surface area contributed by atoms with E-state index < -0.39 is 10.0 Å². The van der Waals surface area contributed by atoms with Crippen molar-refractivity contribution in [3.8, 4) is 22.8 Å². The Bertz CT molecular complexity index is 1620. The highest BCUT2D eigenvalue weighted by Gasteiger charge is 2.51. The van der Waals surface area contributed by atoms with E-state index in [9.17, 15) is 22.4 Å². The first kappa shape index (κ1) is 30.4. The van der Waals surface area contributed by atoms with Crippen molar-refractivity contribution < 1.29 is 27.1 Å². The largest absolute Gasteiger partial charge is 0.457 e. The number of nitrogens with zero attached hydrogens (tertiary/aromatic N) is 3. The van der Waals surface area contributed by atoms with Crippen molar-refractivity contribution in [2.75, 3.05) is 31.9 Å². The van der Waals surface area contributed by atoms with Crippen LogP contribution in [0.15, 0.2) is 66.7 Å². The maximum atomic E-state index is 13.5. The SMILES string of the molecule is CC(C)C1C(CS(=O)(=O)N2CCN(C(=O)c3cccc(-c4ccc(Oc5ccc(F)cc5)cc4)n3)CC2)CCC2CC(=O)C21. The van der Waals surface area contributed by atoms with Crippen molar-refractivity contribution in [2.24, 2.45) is 29.6 Å². The first-order valence-electron chi connectivity index (χ1n) is 15.4. The second kappa shape index (κ2) is 12.4. The fourth-order valence-corrected chi connectivity index (χ4v) is 9.12. The van der Waals surface area contributed by atoms with E-state index in [0.29, 0.717) is 54.1 Å². The molecule has 0 N–H and O–H groups in total. The topological polar surface area (TPSA) is 96.9 Å². The second-order valence-corrected chi connectivity index (χ2v) is 14.6. The number of carbonyl (C=O) groups excluding carboxylic acids is 2. The van der Waals surface area contributed by atoms with Crippen molar-refractivity contribution in [1.29, 1.82) is 0 Å². The molecule has 1 amide bonds. The van der Waals surface area contributed by atoms with E-state index in [1.807, 2.05) is 18.2 Å². The minimum Gasteiger partial charge on any atom is -0.457 e. The van der Waals surface area contributed by atoms with E-state index >= 15 is 0 Å². The smallest absolute Gasteiger partial charge is 0.272 e. The van der Waals surface area contributed by atoms with Crippen molar-refractivity contribution in [2.45, 2.75) is 33.1 Å². The molecule has 44 heavy (non-hydrogen) atoms. The van der Waals surface area contributed by atoms with E-state index in [-0.39, 0.29) is 54.2 Å². The number of fused-ring (bicyclic) bond motifs is 1. The number of Topliss-reactive ketones (excluding diaryl/α,β-unsaturated/α-hetero) is 1. The molecule has 1 saturated heterocycles. The van der Waals surface area contributed by atoms with Gasteiger partial charge in [-0.1, -0.05) is 19.9 Å². The monoisotopic (exact) mass is 619 g/mol. The summed E-state index contributed by atoms with van der Waals surface area (Å²) in [6.45, 7) is 5.28. The number of benzene rings is 2. The minimum atomic E-state index is -3.52. The van der Waals surface area contributed by atoms with Gasteiger partial charge in [0.25, 0.3) is 5.91 Å². The first-order chi connectivity index (χ1) is 21.1. The Morgan fingerprint density at radius 2 is 1.61 bits per heavy atom. The van der Waals surface area contributed by atoms with Gasteiger partial charge in [0.05, 0.1) is 11.4 Å². The van der Waals surface area contributed by atoms with Crippen LogP contribution < -0.4 is 4.74 Å². The number of halogens is 1. The molecule has 1 aliphatic heterocycles. The molecule has 2 heterocycles. The van der Waals surface area contributed by atoms with E-state index in [2.05, 4.69) is 18.8 Å². The summed E-state index contributed by atoms with van der Waals surface area (Å²) in [6, 6.07) is 18.3. The van der Waals surface area contributed by atoms with Gasteiger partial charge in [-0.05, 0) is 97.2 Å². The Labute approximate surface area is 258 Å². The van der Waals surface area contributed by atoms with Gasteiger partial charge in [0.15, 0.2) is 0 Å². The number of aromatic nitrogens is 1. The molecule has 2 aromatic carbocycles. The lowest BCUT2D eigenvalue weighted by atomic mass is 9.54. The van der Waals surface area contributed by atoms with Gasteiger partial charge < -0.3 is 9.64 Å². The molecule has 4 atom stereocenters. The zero-order chi connectivity index (χ0) is 31.0. The molecule has 4 unspecified atom stereocenters. The maximum Gasteiger partial charge on any atom is 0.272 e. The summed E-state index contributed by atoms with van der Waals surface area (Å²) in [5.74, 6) is 1.72. The van der Waals surface area contributed by atoms with Gasteiger partial charge in [0, 0.05) is 44.1 Å². The number of ketones is 1. The van der Waals surface area contributed by atoms with E-state index in [0.717, 1.165) is 18.4 Å². The maximum absolute atomic E-state index is 13.5. The van der Waals surface area contributed by atoms with Gasteiger partial charge in [-0.15, -0.1) is 0 Å². The predicted octanol–water partition coefficient (Wildman–Crippen LogP) is 5.66. The number of amides is 1. The Morgan fingerprint density at radius 3 is 2.25 bits per heavy atom. The molecule has 2 saturated carbocycles. The summed E-state index contributed by atoms with van der Waals surface area (Å²) < 4.78 is 47.4. The van der Waals surface area contributed by atoms with Gasteiger partial charge >= 0.3 is 0 Å². The van der Waals surface area contributed by atoms with Crippen molar-refractivity contribution in [1.82, 2.24) is 14.2 Å². The van der Waals surface area contributed by atoms with Crippen molar-refractivity contribution >= 4 is 21.7 Å². The molecule has 8 nitrogen and oxygen atoms in total. The number of piperazine rings is 1. The van der Waals surface area contributed by atoms with Gasteiger partial charge in [-0.25, -0.2) is 17.8 Å². The van der Waals surface area contributed by atoms with E-state index in [4.69, 9.17) is 4.74 Å². The number of ether oxygens (including phenoxy) is 1. The first-order valence-corrected chi connectivity index (χ1v) is 17.0. The minimum absolute atomic E-state index is 0.0133. The lowest BCUT2D eigenvalue weighted by Gasteiger charge is -2.50. The summed E-state index contributed by atoms with van der Waals surface area (Å²) in [5.41, 5.74) is 1.73. The van der Waals surface area contributed by atoms with Crippen molar-refractivity contribution in [3.05, 3.63) is 78.2 Å². The van der Waals surface area contributed by atoms with Crippen LogP contribution in [0.3, 0.4) is 0 Å². The third-order valence-corrected chi connectivity index (χ3v) is 11.5. The van der Waals surface area contributed by atoms with Gasteiger partial charge in [0.1, 0.15) is 28.8 Å². The van der Waals surface area contributed by atoms with E-state index in [1.165, 1.54) is 16.4 Å². The summed E-state index contributed by atoms with van der Waals surface area (Å²) in [7, 11) is -3.52. The molecule has 2 aliphatic carbocycles. The molecular formula is C34H38FN3O5S. The van der Waals surface area contributed by atoms with Gasteiger partial charge in [-0.2, -0.15) is 4.31 Å². The highest BCUT2D eigenvalue weighted by molar-refractivity contribution is 7.89. The number of hydrogen-bond donors (Lipinski definition) is 0. The number of pyridine rings is 1. The van der Waals surface area contributed by atoms with Crippen LogP contribution in [0.5, 0.6) is 11.5 Å². The van der Waals surface area contributed by atoms with Crippen LogP contribution in [0.25, 0.3) is 11.3 Å². The van der Waals surface area contributed by atoms with Crippen LogP contribution >= 0.6 is 0 Å². The van der Waals surface area contributed by atoms with Crippen LogP contribution in [0.2, 0.25) is 0 Å². The molecule has 0 radical (unpaired) electrons. The molecule has 3 aliphatic rings. The molecule has 3 aromatic rings. The fourth-order valence-electron chi connectivity index (χ4n) is 7.26. The van der Waals surface area contributed by atoms with Crippen LogP contribution in [0.4, 0.5) is 4.39 Å². The number of sulfonamides is 1. The lowest BCUT2D eigenvalue weighted by Crippen LogP contribution is -2.54. The third kappa shape index (κ3) is 6.28. The number of hydrogen-bond acceptors (Lipinski definition) is 6.